The van der Waals surface area contributed by atoms with Crippen molar-refractivity contribution in [3.63, 3.8) is 0 Å². The molecule has 25 heavy (non-hydrogen) atoms. The van der Waals surface area contributed by atoms with E-state index >= 15 is 0 Å². The van der Waals surface area contributed by atoms with E-state index in [1.165, 1.54) is 4.57 Å². The molecule has 128 valence electrons. The fourth-order valence-electron chi connectivity index (χ4n) is 2.14. The van der Waals surface area contributed by atoms with Crippen LogP contribution in [0.25, 0.3) is 11.6 Å². The maximum atomic E-state index is 12.8. The van der Waals surface area contributed by atoms with E-state index in [-0.39, 0.29) is 11.1 Å². The lowest BCUT2D eigenvalue weighted by Gasteiger charge is -2.07. The van der Waals surface area contributed by atoms with Crippen molar-refractivity contribution < 1.29 is 4.90 Å². The maximum absolute atomic E-state index is 12.8. The van der Waals surface area contributed by atoms with Crippen molar-refractivity contribution in [2.75, 3.05) is 20.6 Å². The van der Waals surface area contributed by atoms with Gasteiger partial charge in [-0.1, -0.05) is 35.3 Å². The number of rotatable bonds is 4. The van der Waals surface area contributed by atoms with Crippen LogP contribution in [0.4, 0.5) is 0 Å². The van der Waals surface area contributed by atoms with Crippen molar-refractivity contribution in [2.24, 2.45) is 0 Å². The van der Waals surface area contributed by atoms with E-state index in [9.17, 15) is 15.3 Å². The summed E-state index contributed by atoms with van der Waals surface area (Å²) in [7, 11) is 3.93. The number of nitriles is 2. The molecule has 1 heterocycles. The largest absolute Gasteiger partial charge is 0.338 e. The number of nitrogens with one attached hydrogen (secondary N) is 1. The van der Waals surface area contributed by atoms with Gasteiger partial charge in [0.05, 0.1) is 41.8 Å². The van der Waals surface area contributed by atoms with Gasteiger partial charge in [-0.25, -0.2) is 0 Å². The molecule has 0 atom stereocenters. The van der Waals surface area contributed by atoms with E-state index in [1.807, 2.05) is 26.2 Å². The Balaban J connectivity index is 2.76. The van der Waals surface area contributed by atoms with Gasteiger partial charge in [0.15, 0.2) is 5.57 Å². The molecule has 0 aliphatic carbocycles. The van der Waals surface area contributed by atoms with Crippen molar-refractivity contribution >= 4 is 46.2 Å². The molecule has 1 aromatic carbocycles. The molecule has 5 nitrogen and oxygen atoms in total. The van der Waals surface area contributed by atoms with Crippen LogP contribution in [0.15, 0.2) is 23.0 Å². The van der Waals surface area contributed by atoms with E-state index in [0.717, 1.165) is 16.2 Å². The molecule has 0 spiro atoms. The third kappa shape index (κ3) is 4.31. The molecular formula is C17H15Cl2N4OS+. The zero-order valence-corrected chi connectivity index (χ0v) is 16.0. The average molecular weight is 394 g/mol. The first-order valence-electron chi connectivity index (χ1n) is 7.38. The van der Waals surface area contributed by atoms with Crippen LogP contribution in [0, 0.1) is 22.7 Å². The lowest BCUT2D eigenvalue weighted by atomic mass is 10.2. The zero-order chi connectivity index (χ0) is 18.6. The molecular weight excluding hydrogens is 379 g/mol. The van der Waals surface area contributed by atoms with E-state index in [2.05, 4.69) is 0 Å². The van der Waals surface area contributed by atoms with E-state index in [1.54, 1.807) is 24.3 Å². The summed E-state index contributed by atoms with van der Waals surface area (Å²) in [6.07, 6.45) is 1.64. The minimum Gasteiger partial charge on any atom is -0.338 e. The molecule has 0 amide bonds. The van der Waals surface area contributed by atoms with Gasteiger partial charge in [-0.2, -0.15) is 10.5 Å². The molecule has 0 aliphatic heterocycles. The van der Waals surface area contributed by atoms with Crippen LogP contribution in [0.2, 0.25) is 10.0 Å². The van der Waals surface area contributed by atoms with Gasteiger partial charge in [-0.3, -0.25) is 9.36 Å². The van der Waals surface area contributed by atoms with Gasteiger partial charge in [0.1, 0.15) is 16.8 Å². The highest BCUT2D eigenvalue weighted by molar-refractivity contribution is 7.07. The monoisotopic (exact) mass is 393 g/mol. The van der Waals surface area contributed by atoms with Crippen molar-refractivity contribution in [3.05, 3.63) is 53.4 Å². The van der Waals surface area contributed by atoms with Gasteiger partial charge in [-0.15, -0.1) is 11.3 Å². The highest BCUT2D eigenvalue weighted by atomic mass is 35.5. The number of benzene rings is 1. The standard InChI is InChI=1S/C17H14Cl2N4OS/c1-22(2)6-7-23-16(24)14(25-17(23)12(9-20)10-21)8-11-4-3-5-13(18)15(11)19/h3-5,8H,6-7H2,1-2H3/p+1/b14-8+. The molecule has 0 bridgehead atoms. The van der Waals surface area contributed by atoms with Gasteiger partial charge in [0, 0.05) is 0 Å². The van der Waals surface area contributed by atoms with Crippen LogP contribution < -0.4 is 19.7 Å². The van der Waals surface area contributed by atoms with Crippen LogP contribution in [0.5, 0.6) is 0 Å². The molecule has 2 aromatic rings. The van der Waals surface area contributed by atoms with Crippen molar-refractivity contribution in [1.29, 1.82) is 10.5 Å². The van der Waals surface area contributed by atoms with Crippen molar-refractivity contribution in [1.82, 2.24) is 4.57 Å². The molecule has 0 radical (unpaired) electrons. The fraction of sp³-hybridized carbons (Fsp3) is 0.235. The topological polar surface area (TPSA) is 74.0 Å². The summed E-state index contributed by atoms with van der Waals surface area (Å²) >= 11 is 13.3. The summed E-state index contributed by atoms with van der Waals surface area (Å²) in [4.78, 5) is 13.9. The Hall–Kier alpha value is -2.09. The van der Waals surface area contributed by atoms with Gasteiger partial charge in [0.25, 0.3) is 5.56 Å². The van der Waals surface area contributed by atoms with Crippen molar-refractivity contribution in [2.45, 2.75) is 6.54 Å². The second-order valence-electron chi connectivity index (χ2n) is 5.57. The Morgan fingerprint density at radius 1 is 1.32 bits per heavy atom. The Bertz CT molecular complexity index is 1040. The van der Waals surface area contributed by atoms with E-state index in [4.69, 9.17) is 23.2 Å². The first-order valence-corrected chi connectivity index (χ1v) is 8.95. The number of hydrogen-bond donors (Lipinski definition) is 1. The van der Waals surface area contributed by atoms with Crippen LogP contribution in [0.3, 0.4) is 0 Å². The summed E-state index contributed by atoms with van der Waals surface area (Å²) in [6.45, 7) is 1.10. The van der Waals surface area contributed by atoms with Gasteiger partial charge < -0.3 is 4.90 Å². The molecule has 0 aliphatic rings. The minimum absolute atomic E-state index is 0.0762. The number of hydrogen-bond acceptors (Lipinski definition) is 4. The number of halogens is 2. The molecule has 8 heteroatoms. The Labute approximate surface area is 158 Å². The summed E-state index contributed by atoms with van der Waals surface area (Å²) in [6, 6.07) is 8.87. The summed E-state index contributed by atoms with van der Waals surface area (Å²) in [5.41, 5.74) is 0.285. The quantitative estimate of drug-likeness (QED) is 0.816. The second-order valence-corrected chi connectivity index (χ2v) is 7.39. The van der Waals surface area contributed by atoms with Crippen LogP contribution in [0.1, 0.15) is 5.56 Å². The zero-order valence-electron chi connectivity index (χ0n) is 13.6. The highest BCUT2D eigenvalue weighted by Crippen LogP contribution is 2.25. The summed E-state index contributed by atoms with van der Waals surface area (Å²) in [5, 5.41) is 19.1. The Kier molecular flexibility index (Phi) is 6.41. The molecule has 1 aromatic heterocycles. The lowest BCUT2D eigenvalue weighted by Crippen LogP contribution is -3.06. The van der Waals surface area contributed by atoms with Crippen molar-refractivity contribution in [3.8, 4) is 12.1 Å². The van der Waals surface area contributed by atoms with E-state index < -0.39 is 0 Å². The van der Waals surface area contributed by atoms with E-state index in [0.29, 0.717) is 37.9 Å². The maximum Gasteiger partial charge on any atom is 0.269 e. The van der Waals surface area contributed by atoms with Gasteiger partial charge >= 0.3 is 0 Å². The molecule has 0 fully saturated rings. The van der Waals surface area contributed by atoms with Crippen LogP contribution in [-0.4, -0.2) is 25.2 Å². The van der Waals surface area contributed by atoms with Crippen LogP contribution in [-0.2, 0) is 6.54 Å². The molecule has 2 rings (SSSR count). The second kappa shape index (κ2) is 8.33. The number of quaternary nitrogens is 1. The molecule has 0 saturated carbocycles. The summed E-state index contributed by atoms with van der Waals surface area (Å²) < 4.78 is 2.24. The first kappa shape index (κ1) is 19.2. The smallest absolute Gasteiger partial charge is 0.269 e. The highest BCUT2D eigenvalue weighted by Gasteiger charge is 2.11. The third-order valence-electron chi connectivity index (χ3n) is 3.45. The predicted octanol–water partition coefficient (Wildman–Crippen LogP) is 0.388. The van der Waals surface area contributed by atoms with Crippen LogP contribution >= 0.6 is 34.5 Å². The number of aromatic nitrogens is 1. The average Bonchev–Trinajstić information content (AvgIpc) is 2.87. The minimum atomic E-state index is -0.250. The number of thiazole rings is 1. The lowest BCUT2D eigenvalue weighted by molar-refractivity contribution is -0.858. The Morgan fingerprint density at radius 2 is 2.00 bits per heavy atom. The number of likely N-dealkylation sites (N-methyl/N-ethyl adjacent to an activating group) is 1. The third-order valence-corrected chi connectivity index (χ3v) is 5.41. The molecule has 0 unspecified atom stereocenters. The van der Waals surface area contributed by atoms with Gasteiger partial charge in [-0.05, 0) is 17.7 Å². The van der Waals surface area contributed by atoms with Gasteiger partial charge in [0.2, 0.25) is 0 Å². The first-order chi connectivity index (χ1) is 11.9. The summed E-state index contributed by atoms with van der Waals surface area (Å²) in [5.74, 6) is 0. The number of nitrogens with zero attached hydrogens (tertiary/aromatic N) is 3. The predicted molar refractivity (Wildman–Crippen MR) is 100 cm³/mol. The molecule has 0 saturated heterocycles. The fourth-order valence-corrected chi connectivity index (χ4v) is 3.57. The molecule has 1 N–H and O–H groups in total. The Morgan fingerprint density at radius 3 is 2.60 bits per heavy atom. The normalized spacial score (nSPS) is 11.4. The SMILES string of the molecule is C[NH+](C)CCn1c(=C(C#N)C#N)s/c(=C/c2cccc(Cl)c2Cl)c1=O.